The van der Waals surface area contributed by atoms with Gasteiger partial charge >= 0.3 is 0 Å². The van der Waals surface area contributed by atoms with E-state index < -0.39 is 0 Å². The van der Waals surface area contributed by atoms with Crippen molar-refractivity contribution < 1.29 is 9.22 Å². The molecule has 0 saturated carbocycles. The van der Waals surface area contributed by atoms with E-state index in [1.54, 1.807) is 0 Å². The van der Waals surface area contributed by atoms with Gasteiger partial charge in [-0.2, -0.15) is 0 Å². The van der Waals surface area contributed by atoms with Gasteiger partial charge in [-0.25, -0.2) is 9.19 Å². The van der Waals surface area contributed by atoms with E-state index in [4.69, 9.17) is 4.33 Å². The molecule has 0 atom stereocenters. The van der Waals surface area contributed by atoms with Crippen molar-refractivity contribution in [2.45, 2.75) is 26.7 Å². The highest BCUT2D eigenvalue weighted by molar-refractivity contribution is 7.92. The minimum atomic E-state index is 0.815. The Kier molecular flexibility index (Phi) is 5.09. The molecule has 0 amide bonds. The van der Waals surface area contributed by atoms with Crippen molar-refractivity contribution >= 4 is 12.2 Å². The molecule has 4 heteroatoms. The predicted molar refractivity (Wildman–Crippen MR) is 54.8 cm³/mol. The van der Waals surface area contributed by atoms with Crippen molar-refractivity contribution in [2.24, 2.45) is 11.8 Å². The Bertz CT molecular complexity index is 136. The van der Waals surface area contributed by atoms with Crippen LogP contribution in [0.4, 0.5) is 0 Å². The van der Waals surface area contributed by atoms with Crippen molar-refractivity contribution in [3.05, 3.63) is 0 Å². The first-order chi connectivity index (χ1) is 6.24. The van der Waals surface area contributed by atoms with E-state index in [1.807, 2.05) is 0 Å². The summed E-state index contributed by atoms with van der Waals surface area (Å²) >= 11 is 1.32. The van der Waals surface area contributed by atoms with Crippen molar-refractivity contribution in [3.63, 3.8) is 0 Å². The van der Waals surface area contributed by atoms with E-state index in [9.17, 15) is 0 Å². The largest absolute Gasteiger partial charge is 0.226 e. The average molecular weight is 205 g/mol. The SMILES string of the molecule is COOSN1CCC(C(C)C)CC1. The van der Waals surface area contributed by atoms with Gasteiger partial charge in [-0.05, 0) is 24.7 Å². The number of hydrogen-bond donors (Lipinski definition) is 0. The van der Waals surface area contributed by atoms with Crippen LogP contribution in [-0.2, 0) is 9.22 Å². The molecular weight excluding hydrogens is 186 g/mol. The van der Waals surface area contributed by atoms with Crippen molar-refractivity contribution in [1.29, 1.82) is 0 Å². The minimum Gasteiger partial charge on any atom is -0.226 e. The summed E-state index contributed by atoms with van der Waals surface area (Å²) in [6.07, 6.45) is 2.55. The molecule has 0 unspecified atom stereocenters. The molecule has 1 heterocycles. The van der Waals surface area contributed by atoms with E-state index in [0.29, 0.717) is 0 Å². The molecule has 0 aliphatic carbocycles. The number of nitrogens with zero attached hydrogens (tertiary/aromatic N) is 1. The Labute approximate surface area is 85.0 Å². The third-order valence-electron chi connectivity index (χ3n) is 2.65. The molecule has 1 fully saturated rings. The predicted octanol–water partition coefficient (Wildman–Crippen LogP) is 2.50. The lowest BCUT2D eigenvalue weighted by Gasteiger charge is -2.31. The Balaban J connectivity index is 2.15. The zero-order valence-corrected chi connectivity index (χ0v) is 9.47. The van der Waals surface area contributed by atoms with Gasteiger partial charge in [-0.15, -0.1) is 4.33 Å². The van der Waals surface area contributed by atoms with Crippen molar-refractivity contribution in [1.82, 2.24) is 4.31 Å². The van der Waals surface area contributed by atoms with Crippen LogP contribution in [0.5, 0.6) is 0 Å². The molecular formula is C9H19NO2S. The summed E-state index contributed by atoms with van der Waals surface area (Å²) in [5.41, 5.74) is 0. The molecule has 0 N–H and O–H groups in total. The second kappa shape index (κ2) is 5.86. The van der Waals surface area contributed by atoms with Crippen LogP contribution in [0.25, 0.3) is 0 Å². The van der Waals surface area contributed by atoms with Crippen LogP contribution in [0.3, 0.4) is 0 Å². The second-order valence-electron chi connectivity index (χ2n) is 3.82. The first-order valence-electron chi connectivity index (χ1n) is 4.86. The van der Waals surface area contributed by atoms with E-state index in [0.717, 1.165) is 24.9 Å². The fourth-order valence-electron chi connectivity index (χ4n) is 1.69. The topological polar surface area (TPSA) is 21.7 Å². The van der Waals surface area contributed by atoms with Gasteiger partial charge in [0.05, 0.1) is 7.11 Å². The summed E-state index contributed by atoms with van der Waals surface area (Å²) in [7, 11) is 1.54. The standard InChI is InChI=1S/C9H19NO2S/c1-8(2)9-4-6-10(7-5-9)13-12-11-3/h8-9H,4-7H2,1-3H3. The lowest BCUT2D eigenvalue weighted by Crippen LogP contribution is -2.30. The van der Waals surface area contributed by atoms with Gasteiger partial charge in [0, 0.05) is 13.1 Å². The van der Waals surface area contributed by atoms with Gasteiger partial charge in [0.1, 0.15) is 12.2 Å². The highest BCUT2D eigenvalue weighted by atomic mass is 32.2. The van der Waals surface area contributed by atoms with Gasteiger partial charge in [0.2, 0.25) is 0 Å². The highest BCUT2D eigenvalue weighted by Crippen LogP contribution is 2.27. The summed E-state index contributed by atoms with van der Waals surface area (Å²) in [4.78, 5) is 4.54. The third-order valence-corrected chi connectivity index (χ3v) is 3.42. The Hall–Kier alpha value is 0.230. The molecule has 0 bridgehead atoms. The molecule has 1 rings (SSSR count). The molecule has 0 aromatic rings. The number of hydrogen-bond acceptors (Lipinski definition) is 4. The van der Waals surface area contributed by atoms with E-state index in [1.165, 1.54) is 32.2 Å². The maximum atomic E-state index is 4.81. The van der Waals surface area contributed by atoms with Crippen LogP contribution >= 0.6 is 12.2 Å². The monoisotopic (exact) mass is 205 g/mol. The summed E-state index contributed by atoms with van der Waals surface area (Å²) in [5.74, 6) is 1.70. The molecule has 13 heavy (non-hydrogen) atoms. The fourth-order valence-corrected chi connectivity index (χ4v) is 2.20. The van der Waals surface area contributed by atoms with Gasteiger partial charge in [0.15, 0.2) is 0 Å². The Morgan fingerprint density at radius 1 is 1.31 bits per heavy atom. The third kappa shape index (κ3) is 3.85. The van der Waals surface area contributed by atoms with Crippen LogP contribution in [-0.4, -0.2) is 24.5 Å². The van der Waals surface area contributed by atoms with Gasteiger partial charge in [-0.3, -0.25) is 0 Å². The van der Waals surface area contributed by atoms with Crippen LogP contribution < -0.4 is 0 Å². The smallest absolute Gasteiger partial charge is 0.121 e. The molecule has 1 aliphatic heterocycles. The quantitative estimate of drug-likeness (QED) is 0.304. The summed E-state index contributed by atoms with van der Waals surface area (Å²) in [6, 6.07) is 0. The number of piperidine rings is 1. The van der Waals surface area contributed by atoms with Gasteiger partial charge in [-0.1, -0.05) is 13.8 Å². The Morgan fingerprint density at radius 3 is 2.38 bits per heavy atom. The van der Waals surface area contributed by atoms with Gasteiger partial charge < -0.3 is 0 Å². The fraction of sp³-hybridized carbons (Fsp3) is 1.00. The average Bonchev–Trinajstić information content (AvgIpc) is 2.15. The molecule has 0 aromatic carbocycles. The molecule has 3 nitrogen and oxygen atoms in total. The molecule has 0 radical (unpaired) electrons. The van der Waals surface area contributed by atoms with Crippen LogP contribution in [0.15, 0.2) is 0 Å². The second-order valence-corrected chi connectivity index (χ2v) is 4.62. The van der Waals surface area contributed by atoms with Crippen LogP contribution in [0, 0.1) is 11.8 Å². The zero-order chi connectivity index (χ0) is 9.68. The molecule has 1 saturated heterocycles. The number of rotatable bonds is 4. The van der Waals surface area contributed by atoms with E-state index in [2.05, 4.69) is 23.0 Å². The molecule has 0 aromatic heterocycles. The molecule has 78 valence electrons. The first-order valence-corrected chi connectivity index (χ1v) is 5.56. The molecule has 0 spiro atoms. The normalized spacial score (nSPS) is 21.2. The summed E-state index contributed by atoms with van der Waals surface area (Å²) < 4.78 is 7.02. The Morgan fingerprint density at radius 2 is 1.92 bits per heavy atom. The van der Waals surface area contributed by atoms with E-state index in [-0.39, 0.29) is 0 Å². The molecule has 1 aliphatic rings. The van der Waals surface area contributed by atoms with E-state index >= 15 is 0 Å². The van der Waals surface area contributed by atoms with Crippen LogP contribution in [0.1, 0.15) is 26.7 Å². The summed E-state index contributed by atoms with van der Waals surface area (Å²) in [6.45, 7) is 6.83. The minimum absolute atomic E-state index is 0.815. The van der Waals surface area contributed by atoms with Gasteiger partial charge in [0.25, 0.3) is 0 Å². The van der Waals surface area contributed by atoms with Crippen LogP contribution in [0.2, 0.25) is 0 Å². The first kappa shape index (κ1) is 11.3. The maximum Gasteiger partial charge on any atom is 0.121 e. The van der Waals surface area contributed by atoms with Crippen molar-refractivity contribution in [2.75, 3.05) is 20.2 Å². The summed E-state index contributed by atoms with van der Waals surface area (Å²) in [5, 5.41) is 0. The van der Waals surface area contributed by atoms with Crippen molar-refractivity contribution in [3.8, 4) is 0 Å². The zero-order valence-electron chi connectivity index (χ0n) is 8.66. The highest BCUT2D eigenvalue weighted by Gasteiger charge is 2.22. The lowest BCUT2D eigenvalue weighted by atomic mass is 9.87. The lowest BCUT2D eigenvalue weighted by molar-refractivity contribution is -0.164. The maximum absolute atomic E-state index is 4.81.